The van der Waals surface area contributed by atoms with E-state index >= 15 is 0 Å². The molecule has 2 aromatic heterocycles. The maximum Gasteiger partial charge on any atom is 0.119 e. The highest BCUT2D eigenvalue weighted by Gasteiger charge is 2.27. The van der Waals surface area contributed by atoms with Crippen molar-refractivity contribution in [2.45, 2.75) is 25.8 Å². The number of hydrogen-bond acceptors (Lipinski definition) is 3. The lowest BCUT2D eigenvalue weighted by atomic mass is 10.1. The molecule has 1 fully saturated rings. The molecular weight excluding hydrogens is 300 g/mol. The second-order valence-corrected chi connectivity index (χ2v) is 6.82. The third-order valence-corrected chi connectivity index (χ3v) is 4.95. The number of nitrogens with one attached hydrogen (secondary N) is 1. The van der Waals surface area contributed by atoms with Crippen molar-refractivity contribution in [2.75, 3.05) is 20.2 Å². The number of rotatable bonds is 4. The smallest absolute Gasteiger partial charge is 0.119 e. The summed E-state index contributed by atoms with van der Waals surface area (Å²) >= 11 is 0. The SMILES string of the molecule is COc1ccc2[nH]c(CN3CCC(c4nc(C)cn4C)C3)cc2c1. The third-order valence-electron chi connectivity index (χ3n) is 4.95. The van der Waals surface area contributed by atoms with E-state index in [-0.39, 0.29) is 0 Å². The van der Waals surface area contributed by atoms with Crippen LogP contribution >= 0.6 is 0 Å². The largest absolute Gasteiger partial charge is 0.497 e. The Hall–Kier alpha value is -2.27. The summed E-state index contributed by atoms with van der Waals surface area (Å²) in [5.41, 5.74) is 3.53. The van der Waals surface area contributed by atoms with Gasteiger partial charge in [-0.25, -0.2) is 4.98 Å². The Labute approximate surface area is 142 Å². The Kier molecular flexibility index (Phi) is 3.81. The first kappa shape index (κ1) is 15.3. The van der Waals surface area contributed by atoms with Crippen LogP contribution in [0, 0.1) is 6.92 Å². The lowest BCUT2D eigenvalue weighted by Crippen LogP contribution is -2.20. The Balaban J connectivity index is 1.47. The van der Waals surface area contributed by atoms with Crippen molar-refractivity contribution in [1.82, 2.24) is 19.4 Å². The summed E-state index contributed by atoms with van der Waals surface area (Å²) in [7, 11) is 3.81. The Bertz CT molecular complexity index is 864. The summed E-state index contributed by atoms with van der Waals surface area (Å²) in [5.74, 6) is 2.66. The molecule has 0 aliphatic carbocycles. The second kappa shape index (κ2) is 5.98. The summed E-state index contributed by atoms with van der Waals surface area (Å²) < 4.78 is 7.49. The normalized spacial score (nSPS) is 18.5. The van der Waals surface area contributed by atoms with E-state index in [1.807, 2.05) is 6.07 Å². The van der Waals surface area contributed by atoms with Gasteiger partial charge in [-0.3, -0.25) is 4.90 Å². The maximum atomic E-state index is 5.31. The summed E-state index contributed by atoms with van der Waals surface area (Å²) in [5, 5.41) is 1.21. The van der Waals surface area contributed by atoms with Gasteiger partial charge in [-0.2, -0.15) is 0 Å². The van der Waals surface area contributed by atoms with Gasteiger partial charge in [0.15, 0.2) is 0 Å². The van der Waals surface area contributed by atoms with Crippen LogP contribution in [0.4, 0.5) is 0 Å². The van der Waals surface area contributed by atoms with Gasteiger partial charge in [-0.05, 0) is 44.2 Å². The van der Waals surface area contributed by atoms with E-state index in [2.05, 4.69) is 52.8 Å². The van der Waals surface area contributed by atoms with Gasteiger partial charge in [0.1, 0.15) is 11.6 Å². The molecule has 1 aliphatic rings. The minimum atomic E-state index is 0.535. The van der Waals surface area contributed by atoms with Crippen molar-refractivity contribution in [1.29, 1.82) is 0 Å². The number of aryl methyl sites for hydroxylation is 2. The number of hydrogen-bond donors (Lipinski definition) is 1. The number of fused-ring (bicyclic) bond motifs is 1. The van der Waals surface area contributed by atoms with E-state index in [9.17, 15) is 0 Å². The molecular formula is C19H24N4O. The average molecular weight is 324 g/mol. The minimum absolute atomic E-state index is 0.535. The van der Waals surface area contributed by atoms with Gasteiger partial charge in [0.2, 0.25) is 0 Å². The number of imidazole rings is 1. The quantitative estimate of drug-likeness (QED) is 0.801. The zero-order valence-corrected chi connectivity index (χ0v) is 14.5. The first-order valence-electron chi connectivity index (χ1n) is 8.50. The summed E-state index contributed by atoms with van der Waals surface area (Å²) in [4.78, 5) is 10.7. The monoisotopic (exact) mass is 324 g/mol. The van der Waals surface area contributed by atoms with Crippen LogP contribution in [0.15, 0.2) is 30.5 Å². The zero-order chi connectivity index (χ0) is 16.7. The number of benzene rings is 1. The first-order chi connectivity index (χ1) is 11.6. The molecule has 1 aromatic carbocycles. The molecule has 5 nitrogen and oxygen atoms in total. The number of ether oxygens (including phenoxy) is 1. The maximum absolute atomic E-state index is 5.31. The Morgan fingerprint density at radius 1 is 1.33 bits per heavy atom. The topological polar surface area (TPSA) is 46.1 Å². The highest BCUT2D eigenvalue weighted by atomic mass is 16.5. The standard InChI is InChI=1S/C19H24N4O/c1-13-10-22(2)19(20-13)14-6-7-23(11-14)12-16-8-15-9-17(24-3)4-5-18(15)21-16/h4-5,8-10,14,21H,6-7,11-12H2,1-3H3. The highest BCUT2D eigenvalue weighted by Crippen LogP contribution is 2.28. The molecule has 1 aliphatic heterocycles. The van der Waals surface area contributed by atoms with Crippen molar-refractivity contribution < 1.29 is 4.74 Å². The fourth-order valence-corrected chi connectivity index (χ4v) is 3.82. The van der Waals surface area contributed by atoms with E-state index in [1.165, 1.54) is 28.8 Å². The van der Waals surface area contributed by atoms with Gasteiger partial charge in [0, 0.05) is 48.8 Å². The number of nitrogens with zero attached hydrogens (tertiary/aromatic N) is 3. The predicted octanol–water partition coefficient (Wildman–Crippen LogP) is 3.21. The molecule has 3 aromatic rings. The molecule has 1 atom stereocenters. The summed E-state index contributed by atoms with van der Waals surface area (Å²) in [6, 6.07) is 8.40. The van der Waals surface area contributed by atoms with Gasteiger partial charge in [0.05, 0.1) is 12.8 Å². The Morgan fingerprint density at radius 2 is 2.21 bits per heavy atom. The van der Waals surface area contributed by atoms with Crippen LogP contribution in [-0.4, -0.2) is 39.6 Å². The average Bonchev–Trinajstić information content (AvgIpc) is 3.25. The van der Waals surface area contributed by atoms with Crippen LogP contribution in [0.5, 0.6) is 5.75 Å². The lowest BCUT2D eigenvalue weighted by Gasteiger charge is -2.15. The van der Waals surface area contributed by atoms with Crippen LogP contribution in [0.3, 0.4) is 0 Å². The lowest BCUT2D eigenvalue weighted by molar-refractivity contribution is 0.322. The van der Waals surface area contributed by atoms with E-state index in [1.54, 1.807) is 7.11 Å². The zero-order valence-electron chi connectivity index (χ0n) is 14.5. The molecule has 0 bridgehead atoms. The van der Waals surface area contributed by atoms with E-state index in [0.29, 0.717) is 5.92 Å². The first-order valence-corrected chi connectivity index (χ1v) is 8.50. The van der Waals surface area contributed by atoms with Crippen LogP contribution in [-0.2, 0) is 13.6 Å². The molecule has 24 heavy (non-hydrogen) atoms. The fraction of sp³-hybridized carbons (Fsp3) is 0.421. The molecule has 5 heteroatoms. The molecule has 0 saturated carbocycles. The minimum Gasteiger partial charge on any atom is -0.497 e. The van der Waals surface area contributed by atoms with E-state index < -0.39 is 0 Å². The molecule has 1 N–H and O–H groups in total. The molecule has 126 valence electrons. The van der Waals surface area contributed by atoms with Gasteiger partial charge < -0.3 is 14.3 Å². The molecule has 0 radical (unpaired) electrons. The second-order valence-electron chi connectivity index (χ2n) is 6.82. The van der Waals surface area contributed by atoms with Crippen molar-refractivity contribution in [3.8, 4) is 5.75 Å². The molecule has 1 unspecified atom stereocenters. The molecule has 1 saturated heterocycles. The van der Waals surface area contributed by atoms with E-state index in [4.69, 9.17) is 9.72 Å². The number of methoxy groups -OCH3 is 1. The van der Waals surface area contributed by atoms with Crippen molar-refractivity contribution in [3.05, 3.63) is 47.7 Å². The predicted molar refractivity (Wildman–Crippen MR) is 95.4 cm³/mol. The number of aromatic nitrogens is 3. The van der Waals surface area contributed by atoms with Crippen molar-refractivity contribution in [2.24, 2.45) is 7.05 Å². The van der Waals surface area contributed by atoms with E-state index in [0.717, 1.165) is 31.1 Å². The van der Waals surface area contributed by atoms with Gasteiger partial charge in [0.25, 0.3) is 0 Å². The molecule has 4 rings (SSSR count). The van der Waals surface area contributed by atoms with Crippen LogP contribution < -0.4 is 4.74 Å². The number of likely N-dealkylation sites (tertiary alicyclic amines) is 1. The van der Waals surface area contributed by atoms with Crippen LogP contribution in [0.2, 0.25) is 0 Å². The Morgan fingerprint density at radius 3 is 2.96 bits per heavy atom. The third kappa shape index (κ3) is 2.80. The number of aromatic amines is 1. The fourth-order valence-electron chi connectivity index (χ4n) is 3.82. The summed E-state index contributed by atoms with van der Waals surface area (Å²) in [6.45, 7) is 5.21. The van der Waals surface area contributed by atoms with Crippen molar-refractivity contribution in [3.63, 3.8) is 0 Å². The van der Waals surface area contributed by atoms with Gasteiger partial charge in [-0.15, -0.1) is 0 Å². The van der Waals surface area contributed by atoms with Crippen LogP contribution in [0.1, 0.15) is 29.6 Å². The van der Waals surface area contributed by atoms with Gasteiger partial charge in [-0.1, -0.05) is 0 Å². The molecule has 0 amide bonds. The number of H-pyrrole nitrogens is 1. The molecule has 3 heterocycles. The van der Waals surface area contributed by atoms with Crippen molar-refractivity contribution >= 4 is 10.9 Å². The summed E-state index contributed by atoms with van der Waals surface area (Å²) in [6.07, 6.45) is 3.29. The molecule has 0 spiro atoms. The van der Waals surface area contributed by atoms with Gasteiger partial charge >= 0.3 is 0 Å². The highest BCUT2D eigenvalue weighted by molar-refractivity contribution is 5.81. The van der Waals surface area contributed by atoms with Crippen LogP contribution in [0.25, 0.3) is 10.9 Å².